The first-order valence-electron chi connectivity index (χ1n) is 7.26. The molecule has 106 valence electrons. The smallest absolute Gasteiger partial charge is 0.220 e. The highest BCUT2D eigenvalue weighted by Gasteiger charge is 2.09. The fourth-order valence-corrected chi connectivity index (χ4v) is 2.15. The van der Waals surface area contributed by atoms with E-state index in [0.29, 0.717) is 17.8 Å². The lowest BCUT2D eigenvalue weighted by Gasteiger charge is -2.11. The summed E-state index contributed by atoms with van der Waals surface area (Å²) in [4.78, 5) is 8.63. The van der Waals surface area contributed by atoms with Gasteiger partial charge in [0.2, 0.25) is 5.95 Å². The van der Waals surface area contributed by atoms with Crippen LogP contribution in [0.5, 0.6) is 0 Å². The molecule has 1 atom stereocenters. The van der Waals surface area contributed by atoms with E-state index in [4.69, 9.17) is 5.73 Å². The van der Waals surface area contributed by atoms with Crippen LogP contribution in [0.3, 0.4) is 0 Å². The number of hydrogen-bond donors (Lipinski definition) is 1. The van der Waals surface area contributed by atoms with E-state index in [1.165, 1.54) is 5.56 Å². The Morgan fingerprint density at radius 1 is 1.05 bits per heavy atom. The van der Waals surface area contributed by atoms with Gasteiger partial charge < -0.3 is 5.73 Å². The Bertz CT molecular complexity index is 573. The van der Waals surface area contributed by atoms with Gasteiger partial charge in [-0.15, -0.1) is 0 Å². The van der Waals surface area contributed by atoms with Crippen molar-refractivity contribution in [3.8, 4) is 11.3 Å². The van der Waals surface area contributed by atoms with E-state index >= 15 is 0 Å². The van der Waals surface area contributed by atoms with Gasteiger partial charge in [-0.3, -0.25) is 0 Å². The van der Waals surface area contributed by atoms with Crippen LogP contribution in [0, 0.1) is 0 Å². The summed E-state index contributed by atoms with van der Waals surface area (Å²) in [5, 5.41) is 0. The Labute approximate surface area is 121 Å². The molecule has 3 nitrogen and oxygen atoms in total. The van der Waals surface area contributed by atoms with E-state index in [1.807, 2.05) is 6.07 Å². The quantitative estimate of drug-likeness (QED) is 0.897. The van der Waals surface area contributed by atoms with Gasteiger partial charge in [-0.1, -0.05) is 52.0 Å². The van der Waals surface area contributed by atoms with Gasteiger partial charge in [0, 0.05) is 11.3 Å². The largest absolute Gasteiger partial charge is 0.368 e. The van der Waals surface area contributed by atoms with Gasteiger partial charge in [0.1, 0.15) is 0 Å². The van der Waals surface area contributed by atoms with Gasteiger partial charge in [-0.05, 0) is 29.9 Å². The standard InChI is InChI=1S/C17H23N3/c1-5-12(4)13-6-8-14(9-7-13)16-10-15(11(2)3)19-17(18)20-16/h6-12H,5H2,1-4H3,(H2,18,19,20). The van der Waals surface area contributed by atoms with Gasteiger partial charge in [0.05, 0.1) is 5.69 Å². The highest BCUT2D eigenvalue weighted by Crippen LogP contribution is 2.25. The first-order valence-corrected chi connectivity index (χ1v) is 7.26. The molecule has 1 unspecified atom stereocenters. The number of anilines is 1. The molecule has 2 N–H and O–H groups in total. The highest BCUT2D eigenvalue weighted by molar-refractivity contribution is 5.61. The van der Waals surface area contributed by atoms with Crippen molar-refractivity contribution in [1.82, 2.24) is 9.97 Å². The molecule has 3 heteroatoms. The van der Waals surface area contributed by atoms with Crippen molar-refractivity contribution in [2.45, 2.75) is 46.0 Å². The maximum Gasteiger partial charge on any atom is 0.220 e. The SMILES string of the molecule is CCC(C)c1ccc(-c2cc(C(C)C)nc(N)n2)cc1. The lowest BCUT2D eigenvalue weighted by Crippen LogP contribution is -2.02. The van der Waals surface area contributed by atoms with E-state index in [9.17, 15) is 0 Å². The second-order valence-corrected chi connectivity index (χ2v) is 5.62. The van der Waals surface area contributed by atoms with Crippen molar-refractivity contribution in [3.05, 3.63) is 41.6 Å². The summed E-state index contributed by atoms with van der Waals surface area (Å²) in [7, 11) is 0. The molecule has 1 heterocycles. The fourth-order valence-electron chi connectivity index (χ4n) is 2.15. The Morgan fingerprint density at radius 2 is 1.70 bits per heavy atom. The van der Waals surface area contributed by atoms with Crippen LogP contribution >= 0.6 is 0 Å². The molecule has 0 aliphatic heterocycles. The molecule has 2 rings (SSSR count). The average Bonchev–Trinajstić information content (AvgIpc) is 2.46. The third kappa shape index (κ3) is 3.16. The van der Waals surface area contributed by atoms with E-state index < -0.39 is 0 Å². The summed E-state index contributed by atoms with van der Waals surface area (Å²) in [5.41, 5.74) is 10.2. The Morgan fingerprint density at radius 3 is 2.25 bits per heavy atom. The number of hydrogen-bond acceptors (Lipinski definition) is 3. The number of nitrogens with two attached hydrogens (primary N) is 1. The number of benzene rings is 1. The summed E-state index contributed by atoms with van der Waals surface area (Å²) in [6.07, 6.45) is 1.15. The van der Waals surface area contributed by atoms with Crippen LogP contribution in [-0.2, 0) is 0 Å². The second kappa shape index (κ2) is 6.04. The van der Waals surface area contributed by atoms with Crippen LogP contribution in [0.4, 0.5) is 5.95 Å². The van der Waals surface area contributed by atoms with Crippen molar-refractivity contribution < 1.29 is 0 Å². The average molecular weight is 269 g/mol. The number of rotatable bonds is 4. The summed E-state index contributed by atoms with van der Waals surface area (Å²) >= 11 is 0. The first-order chi connectivity index (χ1) is 9.51. The lowest BCUT2D eigenvalue weighted by molar-refractivity contribution is 0.734. The van der Waals surface area contributed by atoms with E-state index in [2.05, 4.69) is 61.9 Å². The van der Waals surface area contributed by atoms with Crippen molar-refractivity contribution >= 4 is 5.95 Å². The molecular weight excluding hydrogens is 246 g/mol. The van der Waals surface area contributed by atoms with Crippen LogP contribution < -0.4 is 5.73 Å². The maximum atomic E-state index is 5.81. The molecule has 0 aliphatic carbocycles. The number of aromatic nitrogens is 2. The zero-order valence-corrected chi connectivity index (χ0v) is 12.7. The molecule has 0 radical (unpaired) electrons. The molecule has 20 heavy (non-hydrogen) atoms. The molecule has 0 saturated heterocycles. The van der Waals surface area contributed by atoms with Crippen LogP contribution in [0.1, 0.15) is 57.2 Å². The highest BCUT2D eigenvalue weighted by atomic mass is 15.0. The molecule has 0 fully saturated rings. The van der Waals surface area contributed by atoms with Crippen LogP contribution in [-0.4, -0.2) is 9.97 Å². The molecule has 0 aliphatic rings. The van der Waals surface area contributed by atoms with Crippen molar-refractivity contribution in [2.75, 3.05) is 5.73 Å². The molecule has 1 aromatic carbocycles. The summed E-state index contributed by atoms with van der Waals surface area (Å²) in [6.45, 7) is 8.67. The number of nitrogen functional groups attached to an aromatic ring is 1. The molecule has 0 saturated carbocycles. The summed E-state index contributed by atoms with van der Waals surface area (Å²) < 4.78 is 0. The molecule has 0 spiro atoms. The minimum Gasteiger partial charge on any atom is -0.368 e. The lowest BCUT2D eigenvalue weighted by atomic mass is 9.97. The Hall–Kier alpha value is -1.90. The zero-order chi connectivity index (χ0) is 14.7. The third-order valence-corrected chi connectivity index (χ3v) is 3.74. The minimum atomic E-state index is 0.345. The predicted octanol–water partition coefficient (Wildman–Crippen LogP) is 4.36. The molecule has 0 bridgehead atoms. The van der Waals surface area contributed by atoms with Gasteiger partial charge in [0.25, 0.3) is 0 Å². The first kappa shape index (κ1) is 14.5. The van der Waals surface area contributed by atoms with Gasteiger partial charge in [-0.2, -0.15) is 0 Å². The summed E-state index contributed by atoms with van der Waals surface area (Å²) in [5.74, 6) is 1.28. The number of nitrogens with zero attached hydrogens (tertiary/aromatic N) is 2. The predicted molar refractivity (Wildman–Crippen MR) is 84.7 cm³/mol. The van der Waals surface area contributed by atoms with Gasteiger partial charge in [-0.25, -0.2) is 9.97 Å². The van der Waals surface area contributed by atoms with Gasteiger partial charge >= 0.3 is 0 Å². The fraction of sp³-hybridized carbons (Fsp3) is 0.412. The van der Waals surface area contributed by atoms with Crippen LogP contribution in [0.15, 0.2) is 30.3 Å². The van der Waals surface area contributed by atoms with Crippen LogP contribution in [0.25, 0.3) is 11.3 Å². The van der Waals surface area contributed by atoms with E-state index in [-0.39, 0.29) is 0 Å². The van der Waals surface area contributed by atoms with Gasteiger partial charge in [0.15, 0.2) is 0 Å². The van der Waals surface area contributed by atoms with Crippen molar-refractivity contribution in [2.24, 2.45) is 0 Å². The van der Waals surface area contributed by atoms with E-state index in [0.717, 1.165) is 23.4 Å². The molecular formula is C17H23N3. The topological polar surface area (TPSA) is 51.8 Å². The minimum absolute atomic E-state index is 0.345. The second-order valence-electron chi connectivity index (χ2n) is 5.62. The maximum absolute atomic E-state index is 5.81. The van der Waals surface area contributed by atoms with E-state index in [1.54, 1.807) is 0 Å². The van der Waals surface area contributed by atoms with Crippen molar-refractivity contribution in [1.29, 1.82) is 0 Å². The molecule has 0 amide bonds. The molecule has 1 aromatic heterocycles. The van der Waals surface area contributed by atoms with Crippen LogP contribution in [0.2, 0.25) is 0 Å². The normalized spacial score (nSPS) is 12.7. The summed E-state index contributed by atoms with van der Waals surface area (Å²) in [6, 6.07) is 10.6. The Kier molecular flexibility index (Phi) is 4.38. The Balaban J connectivity index is 2.36. The third-order valence-electron chi connectivity index (χ3n) is 3.74. The van der Waals surface area contributed by atoms with Crippen molar-refractivity contribution in [3.63, 3.8) is 0 Å². The molecule has 2 aromatic rings. The monoisotopic (exact) mass is 269 g/mol. The zero-order valence-electron chi connectivity index (χ0n) is 12.7.